The lowest BCUT2D eigenvalue weighted by Crippen LogP contribution is -2.40. The Bertz CT molecular complexity index is 1060. The molecule has 1 aliphatic heterocycles. The fourth-order valence-corrected chi connectivity index (χ4v) is 5.85. The number of fused-ring (bicyclic) bond motifs is 1. The molecule has 1 unspecified atom stereocenters. The van der Waals surface area contributed by atoms with Gasteiger partial charge in [-0.1, -0.05) is 30.3 Å². The summed E-state index contributed by atoms with van der Waals surface area (Å²) in [6.07, 6.45) is 2.61. The number of rotatable bonds is 7. The molecular formula is C21H28N4O3S2. The maximum atomic E-state index is 12.7. The predicted molar refractivity (Wildman–Crippen MR) is 121 cm³/mol. The van der Waals surface area contributed by atoms with Crippen molar-refractivity contribution in [3.63, 3.8) is 0 Å². The zero-order chi connectivity index (χ0) is 20.3. The Morgan fingerprint density at radius 1 is 1.10 bits per heavy atom. The van der Waals surface area contributed by atoms with Gasteiger partial charge in [0.05, 0.1) is 28.5 Å². The van der Waals surface area contributed by atoms with Gasteiger partial charge in [0.25, 0.3) is 0 Å². The van der Waals surface area contributed by atoms with Gasteiger partial charge in [-0.05, 0) is 54.6 Å². The fraction of sp³-hybridized carbons (Fsp3) is 0.381. The summed E-state index contributed by atoms with van der Waals surface area (Å²) in [5.41, 5.74) is 8.46. The third-order valence-electron chi connectivity index (χ3n) is 5.27. The summed E-state index contributed by atoms with van der Waals surface area (Å²) in [6.45, 7) is 1.72. The van der Waals surface area contributed by atoms with Crippen molar-refractivity contribution in [1.82, 2.24) is 14.8 Å². The van der Waals surface area contributed by atoms with Crippen molar-refractivity contribution in [2.45, 2.75) is 30.2 Å². The molecule has 0 bridgehead atoms. The third-order valence-corrected chi connectivity index (χ3v) is 8.02. The van der Waals surface area contributed by atoms with Crippen LogP contribution in [0.2, 0.25) is 0 Å². The number of nitrogens with zero attached hydrogens (tertiary/aromatic N) is 2. The zero-order valence-electron chi connectivity index (χ0n) is 16.9. The Balaban J connectivity index is 0.00000256. The van der Waals surface area contributed by atoms with Crippen LogP contribution in [0.25, 0.3) is 10.1 Å². The van der Waals surface area contributed by atoms with E-state index in [9.17, 15) is 8.42 Å². The fourth-order valence-electron chi connectivity index (χ4n) is 3.60. The Morgan fingerprint density at radius 3 is 2.53 bits per heavy atom. The van der Waals surface area contributed by atoms with E-state index < -0.39 is 10.0 Å². The standard InChI is InChI=1S/C21H25N3O3S2.H3N/c22-19(21-18-5-1-2-7-20(18)28-23-21)6-3-4-16-8-10-17(11-9-16)29(25,26)24-12-14-27-15-13-24;/h1-2,5,7-11,19H,3-4,6,12-15,22H2;1H3. The molecule has 0 amide bonds. The Hall–Kier alpha value is -1.88. The second kappa shape index (κ2) is 9.95. The quantitative estimate of drug-likeness (QED) is 0.571. The molecule has 1 aliphatic rings. The molecule has 1 atom stereocenters. The van der Waals surface area contributed by atoms with Gasteiger partial charge in [-0.15, -0.1) is 0 Å². The number of morpholine rings is 1. The van der Waals surface area contributed by atoms with E-state index in [0.717, 1.165) is 40.6 Å². The minimum Gasteiger partial charge on any atom is -0.379 e. The molecule has 30 heavy (non-hydrogen) atoms. The van der Waals surface area contributed by atoms with Gasteiger partial charge in [-0.3, -0.25) is 0 Å². The molecule has 7 nitrogen and oxygen atoms in total. The Kier molecular flexibility index (Phi) is 7.56. The van der Waals surface area contributed by atoms with Crippen molar-refractivity contribution in [3.8, 4) is 0 Å². The maximum Gasteiger partial charge on any atom is 0.243 e. The van der Waals surface area contributed by atoms with Gasteiger partial charge in [0, 0.05) is 24.5 Å². The van der Waals surface area contributed by atoms with Crippen molar-refractivity contribution in [2.24, 2.45) is 5.73 Å². The number of ether oxygens (including phenoxy) is 1. The molecule has 2 heterocycles. The predicted octanol–water partition coefficient (Wildman–Crippen LogP) is 3.50. The normalized spacial score (nSPS) is 16.3. The van der Waals surface area contributed by atoms with Gasteiger partial charge in [0.1, 0.15) is 0 Å². The van der Waals surface area contributed by atoms with E-state index in [1.54, 1.807) is 12.1 Å². The van der Waals surface area contributed by atoms with E-state index >= 15 is 0 Å². The number of hydrogen-bond acceptors (Lipinski definition) is 7. The van der Waals surface area contributed by atoms with Crippen molar-refractivity contribution in [1.29, 1.82) is 0 Å². The summed E-state index contributed by atoms with van der Waals surface area (Å²) < 4.78 is 37.8. The van der Waals surface area contributed by atoms with Crippen molar-refractivity contribution in [2.75, 3.05) is 26.3 Å². The van der Waals surface area contributed by atoms with Crippen LogP contribution in [0, 0.1) is 0 Å². The first-order chi connectivity index (χ1) is 14.1. The van der Waals surface area contributed by atoms with E-state index in [4.69, 9.17) is 10.5 Å². The molecule has 0 spiro atoms. The topological polar surface area (TPSA) is 121 Å². The number of hydrogen-bond donors (Lipinski definition) is 2. The molecule has 9 heteroatoms. The van der Waals surface area contributed by atoms with Gasteiger partial charge < -0.3 is 16.6 Å². The minimum atomic E-state index is -3.44. The van der Waals surface area contributed by atoms with Gasteiger partial charge >= 0.3 is 0 Å². The van der Waals surface area contributed by atoms with Crippen LogP contribution in [-0.4, -0.2) is 43.4 Å². The summed E-state index contributed by atoms with van der Waals surface area (Å²) in [4.78, 5) is 0.341. The third kappa shape index (κ3) is 4.88. The van der Waals surface area contributed by atoms with Crippen LogP contribution >= 0.6 is 11.5 Å². The second-order valence-corrected chi connectivity index (χ2v) is 9.97. The molecule has 0 saturated carbocycles. The van der Waals surface area contributed by atoms with E-state index in [1.807, 2.05) is 24.3 Å². The maximum absolute atomic E-state index is 12.7. The zero-order valence-corrected chi connectivity index (χ0v) is 18.5. The van der Waals surface area contributed by atoms with Crippen LogP contribution in [0.4, 0.5) is 0 Å². The van der Waals surface area contributed by atoms with Crippen LogP contribution in [0.3, 0.4) is 0 Å². The highest BCUT2D eigenvalue weighted by Crippen LogP contribution is 2.28. The second-order valence-electron chi connectivity index (χ2n) is 7.22. The van der Waals surface area contributed by atoms with Gasteiger partial charge in [0.15, 0.2) is 0 Å². The number of benzene rings is 2. The van der Waals surface area contributed by atoms with Crippen molar-refractivity contribution >= 4 is 31.6 Å². The first-order valence-corrected chi connectivity index (χ1v) is 12.0. The Labute approximate surface area is 181 Å². The highest BCUT2D eigenvalue weighted by atomic mass is 32.2. The van der Waals surface area contributed by atoms with Crippen LogP contribution in [0.15, 0.2) is 53.4 Å². The molecule has 3 aromatic rings. The number of sulfonamides is 1. The number of aryl methyl sites for hydroxylation is 1. The summed E-state index contributed by atoms with van der Waals surface area (Å²) in [5.74, 6) is 0. The van der Waals surface area contributed by atoms with E-state index in [-0.39, 0.29) is 12.2 Å². The molecule has 1 aromatic heterocycles. The lowest BCUT2D eigenvalue weighted by Gasteiger charge is -2.26. The summed E-state index contributed by atoms with van der Waals surface area (Å²) in [5, 5.41) is 1.14. The average Bonchev–Trinajstić information content (AvgIpc) is 3.19. The van der Waals surface area contributed by atoms with Crippen LogP contribution in [0.5, 0.6) is 0 Å². The number of aromatic nitrogens is 1. The smallest absolute Gasteiger partial charge is 0.243 e. The van der Waals surface area contributed by atoms with Gasteiger partial charge in [-0.2, -0.15) is 8.68 Å². The lowest BCUT2D eigenvalue weighted by molar-refractivity contribution is 0.0730. The molecule has 1 saturated heterocycles. The van der Waals surface area contributed by atoms with E-state index in [2.05, 4.69) is 16.5 Å². The van der Waals surface area contributed by atoms with E-state index in [0.29, 0.717) is 31.2 Å². The van der Waals surface area contributed by atoms with Gasteiger partial charge in [-0.25, -0.2) is 8.42 Å². The largest absolute Gasteiger partial charge is 0.379 e. The van der Waals surface area contributed by atoms with Crippen LogP contribution < -0.4 is 11.9 Å². The van der Waals surface area contributed by atoms with Crippen molar-refractivity contribution < 1.29 is 13.2 Å². The molecule has 0 radical (unpaired) electrons. The molecule has 2 aromatic carbocycles. The Morgan fingerprint density at radius 2 is 1.80 bits per heavy atom. The lowest BCUT2D eigenvalue weighted by atomic mass is 10.0. The van der Waals surface area contributed by atoms with Gasteiger partial charge in [0.2, 0.25) is 10.0 Å². The molecule has 162 valence electrons. The molecule has 0 aliphatic carbocycles. The average molecular weight is 449 g/mol. The van der Waals surface area contributed by atoms with Crippen LogP contribution in [0.1, 0.15) is 30.1 Å². The first kappa shape index (κ1) is 22.8. The summed E-state index contributed by atoms with van der Waals surface area (Å²) in [7, 11) is -3.44. The van der Waals surface area contributed by atoms with Crippen LogP contribution in [-0.2, 0) is 21.2 Å². The molecule has 1 fully saturated rings. The molecular weight excluding hydrogens is 420 g/mol. The monoisotopic (exact) mass is 448 g/mol. The molecule has 5 N–H and O–H groups in total. The highest BCUT2D eigenvalue weighted by Gasteiger charge is 2.26. The van der Waals surface area contributed by atoms with Crippen molar-refractivity contribution in [3.05, 3.63) is 59.8 Å². The number of nitrogens with two attached hydrogens (primary N) is 1. The van der Waals surface area contributed by atoms with E-state index in [1.165, 1.54) is 15.8 Å². The first-order valence-electron chi connectivity index (χ1n) is 9.82. The SMILES string of the molecule is N.NC(CCCc1ccc(S(=O)(=O)N2CCOCC2)cc1)c1nsc2ccccc12. The minimum absolute atomic E-state index is 0. The highest BCUT2D eigenvalue weighted by molar-refractivity contribution is 7.89. The molecule has 4 rings (SSSR count). The summed E-state index contributed by atoms with van der Waals surface area (Å²) >= 11 is 1.49. The summed E-state index contributed by atoms with van der Waals surface area (Å²) in [6, 6.07) is 15.3.